The first-order valence-corrected chi connectivity index (χ1v) is 8.19. The van der Waals surface area contributed by atoms with Gasteiger partial charge in [-0.1, -0.05) is 12.1 Å². The molecule has 3 rings (SSSR count). The number of nitrogens with zero attached hydrogens (tertiary/aromatic N) is 3. The number of hydrogen-bond acceptors (Lipinski definition) is 4. The van der Waals surface area contributed by atoms with E-state index in [-0.39, 0.29) is 11.9 Å². The molecule has 0 aliphatic rings. The van der Waals surface area contributed by atoms with Gasteiger partial charge in [-0.15, -0.1) is 11.3 Å². The Morgan fingerprint density at radius 3 is 2.57 bits per heavy atom. The molecule has 0 fully saturated rings. The second-order valence-electron chi connectivity index (χ2n) is 5.48. The molecular formula is C17H18N4OS. The minimum atomic E-state index is -0.0602. The summed E-state index contributed by atoms with van der Waals surface area (Å²) in [6, 6.07) is 9.79. The number of hydrogen-bond donors (Lipinski definition) is 1. The summed E-state index contributed by atoms with van der Waals surface area (Å²) in [5.41, 5.74) is 3.14. The predicted octanol–water partition coefficient (Wildman–Crippen LogP) is 3.44. The number of thiophene rings is 1. The molecule has 2 aromatic heterocycles. The Morgan fingerprint density at radius 1 is 1.26 bits per heavy atom. The highest BCUT2D eigenvalue weighted by Crippen LogP contribution is 2.22. The molecule has 0 bridgehead atoms. The average Bonchev–Trinajstić information content (AvgIpc) is 3.18. The lowest BCUT2D eigenvalue weighted by molar-refractivity contribution is 0.0944. The van der Waals surface area contributed by atoms with Crippen molar-refractivity contribution in [2.24, 2.45) is 0 Å². The van der Waals surface area contributed by atoms with Gasteiger partial charge < -0.3 is 5.32 Å². The van der Waals surface area contributed by atoms with Gasteiger partial charge >= 0.3 is 0 Å². The molecule has 2 heterocycles. The summed E-state index contributed by atoms with van der Waals surface area (Å²) in [6.45, 7) is 6.04. The van der Waals surface area contributed by atoms with Gasteiger partial charge in [-0.25, -0.2) is 9.67 Å². The summed E-state index contributed by atoms with van der Waals surface area (Å²) in [7, 11) is 0. The summed E-state index contributed by atoms with van der Waals surface area (Å²) >= 11 is 1.53. The Labute approximate surface area is 139 Å². The molecule has 5 nitrogen and oxygen atoms in total. The molecule has 23 heavy (non-hydrogen) atoms. The van der Waals surface area contributed by atoms with Crippen molar-refractivity contribution in [2.75, 3.05) is 0 Å². The third kappa shape index (κ3) is 3.32. The number of carbonyl (C=O) groups excluding carboxylic acids is 1. The van der Waals surface area contributed by atoms with Gasteiger partial charge in [0.25, 0.3) is 5.91 Å². The average molecular weight is 326 g/mol. The van der Waals surface area contributed by atoms with E-state index in [9.17, 15) is 4.79 Å². The van der Waals surface area contributed by atoms with Crippen molar-refractivity contribution in [1.29, 1.82) is 0 Å². The molecule has 1 aromatic carbocycles. The molecule has 0 saturated carbocycles. The van der Waals surface area contributed by atoms with Gasteiger partial charge in [0.1, 0.15) is 12.7 Å². The maximum absolute atomic E-state index is 12.3. The first kappa shape index (κ1) is 15.4. The monoisotopic (exact) mass is 326 g/mol. The quantitative estimate of drug-likeness (QED) is 0.799. The first-order chi connectivity index (χ1) is 11.0. The Bertz CT molecular complexity index is 786. The number of rotatable bonds is 4. The molecular weight excluding hydrogens is 308 g/mol. The first-order valence-electron chi connectivity index (χ1n) is 7.37. The molecule has 0 spiro atoms. The van der Waals surface area contributed by atoms with Crippen LogP contribution >= 0.6 is 11.3 Å². The van der Waals surface area contributed by atoms with E-state index < -0.39 is 0 Å². The summed E-state index contributed by atoms with van der Waals surface area (Å²) < 4.78 is 1.70. The molecule has 1 N–H and O–H groups in total. The van der Waals surface area contributed by atoms with E-state index in [1.165, 1.54) is 22.5 Å². The highest BCUT2D eigenvalue weighted by Gasteiger charge is 2.14. The maximum atomic E-state index is 12.3. The SMILES string of the molecule is Cc1cc(C(=O)NC(C)c2ccc(-n3cncn3)cc2)sc1C. The van der Waals surface area contributed by atoms with Gasteiger partial charge in [-0.2, -0.15) is 5.10 Å². The van der Waals surface area contributed by atoms with Crippen LogP contribution in [0.3, 0.4) is 0 Å². The molecule has 1 atom stereocenters. The fourth-order valence-corrected chi connectivity index (χ4v) is 3.23. The van der Waals surface area contributed by atoms with Crippen LogP contribution in [0.25, 0.3) is 5.69 Å². The number of carbonyl (C=O) groups is 1. The van der Waals surface area contributed by atoms with E-state index >= 15 is 0 Å². The highest BCUT2D eigenvalue weighted by molar-refractivity contribution is 7.14. The molecule has 6 heteroatoms. The van der Waals surface area contributed by atoms with Crippen LogP contribution in [0, 0.1) is 13.8 Å². The van der Waals surface area contributed by atoms with Crippen LogP contribution in [-0.4, -0.2) is 20.7 Å². The minimum Gasteiger partial charge on any atom is -0.345 e. The van der Waals surface area contributed by atoms with Crippen molar-refractivity contribution in [3.8, 4) is 5.69 Å². The van der Waals surface area contributed by atoms with Crippen LogP contribution in [0.15, 0.2) is 43.0 Å². The summed E-state index contributed by atoms with van der Waals surface area (Å²) in [5.74, 6) is -0.0287. The lowest BCUT2D eigenvalue weighted by atomic mass is 10.1. The Hall–Kier alpha value is -2.47. The number of benzene rings is 1. The number of nitrogens with one attached hydrogen (secondary N) is 1. The van der Waals surface area contributed by atoms with E-state index in [0.717, 1.165) is 21.7 Å². The van der Waals surface area contributed by atoms with E-state index in [1.54, 1.807) is 11.0 Å². The lowest BCUT2D eigenvalue weighted by Gasteiger charge is -2.14. The highest BCUT2D eigenvalue weighted by atomic mass is 32.1. The summed E-state index contributed by atoms with van der Waals surface area (Å²) in [5, 5.41) is 7.14. The van der Waals surface area contributed by atoms with Gasteiger partial charge in [0.05, 0.1) is 16.6 Å². The van der Waals surface area contributed by atoms with Crippen molar-refractivity contribution < 1.29 is 4.79 Å². The second-order valence-corrected chi connectivity index (χ2v) is 6.73. The minimum absolute atomic E-state index is 0.0287. The normalized spacial score (nSPS) is 12.1. The lowest BCUT2D eigenvalue weighted by Crippen LogP contribution is -2.25. The zero-order chi connectivity index (χ0) is 16.4. The Balaban J connectivity index is 1.70. The van der Waals surface area contributed by atoms with Gasteiger partial charge in [0, 0.05) is 4.88 Å². The smallest absolute Gasteiger partial charge is 0.261 e. The van der Waals surface area contributed by atoms with Crippen LogP contribution < -0.4 is 5.32 Å². The standard InChI is InChI=1S/C17H18N4OS/c1-11-8-16(23-13(11)3)17(22)20-12(2)14-4-6-15(7-5-14)21-10-18-9-19-21/h4-10,12H,1-3H3,(H,20,22). The topological polar surface area (TPSA) is 59.8 Å². The summed E-state index contributed by atoms with van der Waals surface area (Å²) in [4.78, 5) is 18.2. The zero-order valence-corrected chi connectivity index (χ0v) is 14.1. The van der Waals surface area contributed by atoms with E-state index in [4.69, 9.17) is 0 Å². The molecule has 0 saturated heterocycles. The Kier molecular flexibility index (Phi) is 4.25. The van der Waals surface area contributed by atoms with Crippen molar-refractivity contribution in [2.45, 2.75) is 26.8 Å². The third-order valence-corrected chi connectivity index (χ3v) is 4.97. The fraction of sp³-hybridized carbons (Fsp3) is 0.235. The molecule has 1 amide bonds. The van der Waals surface area contributed by atoms with Crippen molar-refractivity contribution in [1.82, 2.24) is 20.1 Å². The largest absolute Gasteiger partial charge is 0.345 e. The maximum Gasteiger partial charge on any atom is 0.261 e. The van der Waals surface area contributed by atoms with Crippen LogP contribution in [0.5, 0.6) is 0 Å². The van der Waals surface area contributed by atoms with Crippen LogP contribution in [0.2, 0.25) is 0 Å². The number of aromatic nitrogens is 3. The predicted molar refractivity (Wildman–Crippen MR) is 91.0 cm³/mol. The van der Waals surface area contributed by atoms with Gasteiger partial charge in [0.2, 0.25) is 0 Å². The van der Waals surface area contributed by atoms with Crippen LogP contribution in [0.4, 0.5) is 0 Å². The van der Waals surface area contributed by atoms with E-state index in [2.05, 4.69) is 15.4 Å². The summed E-state index contributed by atoms with van der Waals surface area (Å²) in [6.07, 6.45) is 3.16. The van der Waals surface area contributed by atoms with Crippen LogP contribution in [0.1, 0.15) is 38.6 Å². The molecule has 3 aromatic rings. The molecule has 0 aliphatic carbocycles. The fourth-order valence-electron chi connectivity index (χ4n) is 2.29. The van der Waals surface area contributed by atoms with Gasteiger partial charge in [-0.05, 0) is 50.1 Å². The molecule has 0 aliphatic heterocycles. The van der Waals surface area contributed by atoms with Gasteiger partial charge in [-0.3, -0.25) is 4.79 Å². The molecule has 1 unspecified atom stereocenters. The van der Waals surface area contributed by atoms with Gasteiger partial charge in [0.15, 0.2) is 0 Å². The van der Waals surface area contributed by atoms with Crippen molar-refractivity contribution >= 4 is 17.2 Å². The molecule has 118 valence electrons. The second kappa shape index (κ2) is 6.34. The van der Waals surface area contributed by atoms with Crippen LogP contribution in [-0.2, 0) is 0 Å². The number of aryl methyl sites for hydroxylation is 2. The van der Waals surface area contributed by atoms with Crippen molar-refractivity contribution in [3.63, 3.8) is 0 Å². The van der Waals surface area contributed by atoms with E-state index in [0.29, 0.717) is 0 Å². The third-order valence-electron chi connectivity index (χ3n) is 3.81. The van der Waals surface area contributed by atoms with E-state index in [1.807, 2.05) is 51.1 Å². The zero-order valence-electron chi connectivity index (χ0n) is 13.3. The molecule has 0 radical (unpaired) electrons. The Morgan fingerprint density at radius 2 is 2.00 bits per heavy atom. The number of amides is 1. The van der Waals surface area contributed by atoms with Crippen molar-refractivity contribution in [3.05, 3.63) is 63.9 Å².